The highest BCUT2D eigenvalue weighted by atomic mass is 16.5. The highest BCUT2D eigenvalue weighted by Crippen LogP contribution is 2.35. The van der Waals surface area contributed by atoms with Crippen molar-refractivity contribution in [3.63, 3.8) is 0 Å². The summed E-state index contributed by atoms with van der Waals surface area (Å²) in [7, 11) is 3.36. The van der Waals surface area contributed by atoms with Gasteiger partial charge in [-0.15, -0.1) is 0 Å². The molecule has 0 bridgehead atoms. The molecular weight excluding hydrogens is 202 g/mol. The standard InChI is InChI=1S/C13H19NO2/c1-9-7-10(11-5-4-6-14-11)8-12(15-2)13(9)16-3/h7-8,11,14H,4-6H2,1-3H3. The number of nitrogens with one attached hydrogen (secondary N) is 1. The molecule has 0 aromatic heterocycles. The number of hydrogen-bond donors (Lipinski definition) is 1. The van der Waals surface area contributed by atoms with Crippen LogP contribution < -0.4 is 14.8 Å². The molecule has 1 aromatic carbocycles. The normalized spacial score (nSPS) is 19.8. The number of rotatable bonds is 3. The van der Waals surface area contributed by atoms with Gasteiger partial charge in [-0.3, -0.25) is 0 Å². The third-order valence-electron chi connectivity index (χ3n) is 3.15. The Hall–Kier alpha value is -1.22. The minimum Gasteiger partial charge on any atom is -0.493 e. The molecule has 0 radical (unpaired) electrons. The minimum atomic E-state index is 0.471. The van der Waals surface area contributed by atoms with Gasteiger partial charge in [0.15, 0.2) is 11.5 Å². The number of methoxy groups -OCH3 is 2. The molecule has 1 heterocycles. The summed E-state index contributed by atoms with van der Waals surface area (Å²) in [5.41, 5.74) is 2.43. The maximum absolute atomic E-state index is 5.36. The fraction of sp³-hybridized carbons (Fsp3) is 0.538. The van der Waals surface area contributed by atoms with Gasteiger partial charge in [0.25, 0.3) is 0 Å². The average molecular weight is 221 g/mol. The molecule has 2 rings (SSSR count). The Bertz CT molecular complexity index is 370. The lowest BCUT2D eigenvalue weighted by Crippen LogP contribution is -2.13. The summed E-state index contributed by atoms with van der Waals surface area (Å²) in [4.78, 5) is 0. The number of benzene rings is 1. The smallest absolute Gasteiger partial charge is 0.163 e. The predicted molar refractivity (Wildman–Crippen MR) is 64.3 cm³/mol. The average Bonchev–Trinajstić information content (AvgIpc) is 2.81. The lowest BCUT2D eigenvalue weighted by atomic mass is 10.0. The van der Waals surface area contributed by atoms with Crippen molar-refractivity contribution in [1.29, 1.82) is 0 Å². The minimum absolute atomic E-state index is 0.471. The van der Waals surface area contributed by atoms with Crippen LogP contribution in [-0.2, 0) is 0 Å². The van der Waals surface area contributed by atoms with Crippen LogP contribution in [0.1, 0.15) is 30.0 Å². The molecule has 1 unspecified atom stereocenters. The van der Waals surface area contributed by atoms with Crippen molar-refractivity contribution in [2.24, 2.45) is 0 Å². The quantitative estimate of drug-likeness (QED) is 0.850. The van der Waals surface area contributed by atoms with Crippen molar-refractivity contribution in [3.05, 3.63) is 23.3 Å². The Morgan fingerprint density at radius 1 is 1.25 bits per heavy atom. The number of hydrogen-bond acceptors (Lipinski definition) is 3. The van der Waals surface area contributed by atoms with Crippen LogP contribution in [0.3, 0.4) is 0 Å². The molecule has 0 aliphatic carbocycles. The van der Waals surface area contributed by atoms with Gasteiger partial charge in [-0.25, -0.2) is 0 Å². The van der Waals surface area contributed by atoms with E-state index in [1.165, 1.54) is 18.4 Å². The van der Waals surface area contributed by atoms with E-state index >= 15 is 0 Å². The molecule has 1 aromatic rings. The van der Waals surface area contributed by atoms with Gasteiger partial charge < -0.3 is 14.8 Å². The van der Waals surface area contributed by atoms with Gasteiger partial charge in [0.1, 0.15) is 0 Å². The van der Waals surface area contributed by atoms with E-state index in [0.717, 1.165) is 23.6 Å². The molecule has 0 spiro atoms. The summed E-state index contributed by atoms with van der Waals surface area (Å²) >= 11 is 0. The van der Waals surface area contributed by atoms with E-state index in [0.29, 0.717) is 6.04 Å². The molecule has 3 nitrogen and oxygen atoms in total. The first kappa shape index (κ1) is 11.3. The van der Waals surface area contributed by atoms with E-state index in [1.807, 2.05) is 0 Å². The monoisotopic (exact) mass is 221 g/mol. The molecule has 1 fully saturated rings. The van der Waals surface area contributed by atoms with Gasteiger partial charge in [-0.1, -0.05) is 6.07 Å². The SMILES string of the molecule is COc1cc(C2CCCN2)cc(C)c1OC. The summed E-state index contributed by atoms with van der Waals surface area (Å²) in [6.07, 6.45) is 2.45. The molecule has 1 saturated heterocycles. The van der Waals surface area contributed by atoms with Crippen LogP contribution in [0, 0.1) is 6.92 Å². The molecule has 16 heavy (non-hydrogen) atoms. The molecular formula is C13H19NO2. The van der Waals surface area contributed by atoms with Gasteiger partial charge in [-0.05, 0) is 43.5 Å². The third-order valence-corrected chi connectivity index (χ3v) is 3.15. The van der Waals surface area contributed by atoms with Gasteiger partial charge in [0.2, 0.25) is 0 Å². The first-order chi connectivity index (χ1) is 7.76. The van der Waals surface area contributed by atoms with Crippen LogP contribution >= 0.6 is 0 Å². The van der Waals surface area contributed by atoms with E-state index in [9.17, 15) is 0 Å². The topological polar surface area (TPSA) is 30.5 Å². The van der Waals surface area contributed by atoms with E-state index in [-0.39, 0.29) is 0 Å². The fourth-order valence-electron chi connectivity index (χ4n) is 2.35. The molecule has 0 amide bonds. The lowest BCUT2D eigenvalue weighted by molar-refractivity contribution is 0.352. The molecule has 0 saturated carbocycles. The highest BCUT2D eigenvalue weighted by Gasteiger charge is 2.19. The Balaban J connectivity index is 2.36. The molecule has 1 aliphatic heterocycles. The molecule has 1 N–H and O–H groups in total. The number of aryl methyl sites for hydroxylation is 1. The first-order valence-corrected chi connectivity index (χ1v) is 5.72. The fourth-order valence-corrected chi connectivity index (χ4v) is 2.35. The molecule has 1 aliphatic rings. The van der Waals surface area contributed by atoms with Crippen molar-refractivity contribution in [2.75, 3.05) is 20.8 Å². The van der Waals surface area contributed by atoms with Crippen LogP contribution in [0.5, 0.6) is 11.5 Å². The van der Waals surface area contributed by atoms with E-state index < -0.39 is 0 Å². The van der Waals surface area contributed by atoms with Crippen LogP contribution in [0.15, 0.2) is 12.1 Å². The van der Waals surface area contributed by atoms with Gasteiger partial charge in [0.05, 0.1) is 14.2 Å². The Labute approximate surface area is 96.8 Å². The second-order valence-corrected chi connectivity index (χ2v) is 4.22. The second kappa shape index (κ2) is 4.74. The van der Waals surface area contributed by atoms with Gasteiger partial charge in [-0.2, -0.15) is 0 Å². The summed E-state index contributed by atoms with van der Waals surface area (Å²) < 4.78 is 10.7. The maximum atomic E-state index is 5.36. The lowest BCUT2D eigenvalue weighted by Gasteiger charge is -2.16. The van der Waals surface area contributed by atoms with Crippen molar-refractivity contribution in [2.45, 2.75) is 25.8 Å². The van der Waals surface area contributed by atoms with E-state index in [2.05, 4.69) is 24.4 Å². The zero-order valence-corrected chi connectivity index (χ0v) is 10.2. The van der Waals surface area contributed by atoms with Crippen LogP contribution in [0.25, 0.3) is 0 Å². The summed E-state index contributed by atoms with van der Waals surface area (Å²) in [6, 6.07) is 4.73. The van der Waals surface area contributed by atoms with Gasteiger partial charge in [0, 0.05) is 6.04 Å². The largest absolute Gasteiger partial charge is 0.493 e. The van der Waals surface area contributed by atoms with E-state index in [4.69, 9.17) is 9.47 Å². The van der Waals surface area contributed by atoms with Crippen molar-refractivity contribution in [3.8, 4) is 11.5 Å². The second-order valence-electron chi connectivity index (χ2n) is 4.22. The highest BCUT2D eigenvalue weighted by molar-refractivity contribution is 5.49. The first-order valence-electron chi connectivity index (χ1n) is 5.72. The molecule has 3 heteroatoms. The third kappa shape index (κ3) is 2.00. The zero-order chi connectivity index (χ0) is 11.5. The van der Waals surface area contributed by atoms with Crippen LogP contribution in [0.4, 0.5) is 0 Å². The molecule has 1 atom stereocenters. The Kier molecular flexibility index (Phi) is 3.34. The summed E-state index contributed by atoms with van der Waals surface area (Å²) in [5.74, 6) is 1.66. The number of ether oxygens (including phenoxy) is 2. The van der Waals surface area contributed by atoms with Gasteiger partial charge >= 0.3 is 0 Å². The van der Waals surface area contributed by atoms with Crippen molar-refractivity contribution in [1.82, 2.24) is 5.32 Å². The Morgan fingerprint density at radius 2 is 2.06 bits per heavy atom. The van der Waals surface area contributed by atoms with Crippen molar-refractivity contribution < 1.29 is 9.47 Å². The van der Waals surface area contributed by atoms with Crippen LogP contribution in [-0.4, -0.2) is 20.8 Å². The summed E-state index contributed by atoms with van der Waals surface area (Å²) in [6.45, 7) is 3.16. The van der Waals surface area contributed by atoms with Crippen LogP contribution in [0.2, 0.25) is 0 Å². The predicted octanol–water partition coefficient (Wildman–Crippen LogP) is 2.44. The maximum Gasteiger partial charge on any atom is 0.163 e. The van der Waals surface area contributed by atoms with E-state index in [1.54, 1.807) is 14.2 Å². The molecule has 88 valence electrons. The summed E-state index contributed by atoms with van der Waals surface area (Å²) in [5, 5.41) is 3.49. The van der Waals surface area contributed by atoms with Crippen molar-refractivity contribution >= 4 is 0 Å². The Morgan fingerprint density at radius 3 is 2.62 bits per heavy atom. The zero-order valence-electron chi connectivity index (χ0n) is 10.2.